The minimum absolute atomic E-state index is 0.0403. The fourth-order valence-electron chi connectivity index (χ4n) is 7.88. The van der Waals surface area contributed by atoms with Crippen LogP contribution in [0.25, 0.3) is 10.9 Å². The Balaban J connectivity index is 1.18. The molecule has 4 aliphatic rings. The molecule has 3 saturated carbocycles. The van der Waals surface area contributed by atoms with Crippen LogP contribution in [0.15, 0.2) is 18.2 Å². The lowest BCUT2D eigenvalue weighted by Crippen LogP contribution is -2.55. The number of amides is 3. The molecule has 5 atom stereocenters. The molecule has 0 spiro atoms. The molecule has 242 valence electrons. The van der Waals surface area contributed by atoms with Gasteiger partial charge in [-0.05, 0) is 75.0 Å². The largest absolute Gasteiger partial charge is 0.376 e. The van der Waals surface area contributed by atoms with Gasteiger partial charge >= 0.3 is 0 Å². The van der Waals surface area contributed by atoms with E-state index in [1.807, 2.05) is 0 Å². The SMILES string of the molecule is O=C(NCCOC1CCCC1)C(=O)[C@H](C[C@@H]1CCCC1=O)NC(=O)[C@@H]1[C@H]2CCC[C@H]2CN1C(=O)c1cc2c(Cl)cc(Cl)cc2[nH]1. The molecule has 3 N–H and O–H groups in total. The van der Waals surface area contributed by atoms with Crippen molar-refractivity contribution in [2.45, 2.75) is 88.8 Å². The lowest BCUT2D eigenvalue weighted by Gasteiger charge is -2.29. The molecule has 45 heavy (non-hydrogen) atoms. The highest BCUT2D eigenvalue weighted by Crippen LogP contribution is 2.43. The van der Waals surface area contributed by atoms with Gasteiger partial charge in [-0.1, -0.05) is 42.5 Å². The number of ether oxygens (including phenoxy) is 1. The number of H-pyrrole nitrogens is 1. The van der Waals surface area contributed by atoms with Crippen molar-refractivity contribution in [1.29, 1.82) is 0 Å². The maximum atomic E-state index is 14.1. The van der Waals surface area contributed by atoms with Crippen molar-refractivity contribution in [2.75, 3.05) is 19.7 Å². The summed E-state index contributed by atoms with van der Waals surface area (Å²) in [7, 11) is 0. The van der Waals surface area contributed by atoms with Crippen LogP contribution in [-0.2, 0) is 23.9 Å². The number of ketones is 2. The lowest BCUT2D eigenvalue weighted by molar-refractivity contribution is -0.141. The lowest BCUT2D eigenvalue weighted by atomic mass is 9.91. The van der Waals surface area contributed by atoms with E-state index in [1.165, 1.54) is 0 Å². The highest BCUT2D eigenvalue weighted by molar-refractivity contribution is 6.39. The van der Waals surface area contributed by atoms with Gasteiger partial charge in [-0.25, -0.2) is 0 Å². The van der Waals surface area contributed by atoms with Crippen LogP contribution >= 0.6 is 23.2 Å². The maximum absolute atomic E-state index is 14.1. The highest BCUT2D eigenvalue weighted by atomic mass is 35.5. The van der Waals surface area contributed by atoms with Crippen LogP contribution in [0, 0.1) is 17.8 Å². The van der Waals surface area contributed by atoms with Crippen molar-refractivity contribution >= 4 is 63.4 Å². The second kappa shape index (κ2) is 13.8. The van der Waals surface area contributed by atoms with E-state index in [9.17, 15) is 24.0 Å². The third kappa shape index (κ3) is 6.93. The molecule has 0 unspecified atom stereocenters. The zero-order valence-corrected chi connectivity index (χ0v) is 26.8. The normalized spacial score (nSPS) is 25.6. The number of nitrogens with one attached hydrogen (secondary N) is 3. The zero-order valence-electron chi connectivity index (χ0n) is 25.2. The van der Waals surface area contributed by atoms with E-state index in [1.54, 1.807) is 23.1 Å². The molecule has 1 aliphatic heterocycles. The molecule has 0 bridgehead atoms. The van der Waals surface area contributed by atoms with Gasteiger partial charge in [0.05, 0.1) is 23.8 Å². The van der Waals surface area contributed by atoms with Crippen molar-refractivity contribution in [2.24, 2.45) is 17.8 Å². The predicted octanol–water partition coefficient (Wildman–Crippen LogP) is 4.60. The molecule has 0 radical (unpaired) electrons. The topological polar surface area (TPSA) is 138 Å². The summed E-state index contributed by atoms with van der Waals surface area (Å²) in [5.74, 6) is -2.70. The third-order valence-corrected chi connectivity index (χ3v) is 10.7. The van der Waals surface area contributed by atoms with Gasteiger partial charge in [0.2, 0.25) is 11.7 Å². The second-order valence-electron chi connectivity index (χ2n) is 13.0. The van der Waals surface area contributed by atoms with Crippen LogP contribution in [0.5, 0.6) is 0 Å². The summed E-state index contributed by atoms with van der Waals surface area (Å²) in [6.45, 7) is 0.889. The van der Waals surface area contributed by atoms with Gasteiger partial charge in [-0.3, -0.25) is 24.0 Å². The van der Waals surface area contributed by atoms with E-state index in [0.29, 0.717) is 46.9 Å². The molecule has 2 aromatic rings. The van der Waals surface area contributed by atoms with Crippen LogP contribution in [0.3, 0.4) is 0 Å². The number of fused-ring (bicyclic) bond motifs is 2. The van der Waals surface area contributed by atoms with Gasteiger partial charge in [0.15, 0.2) is 0 Å². The number of hydrogen-bond acceptors (Lipinski definition) is 6. The van der Waals surface area contributed by atoms with Crippen LogP contribution in [-0.4, -0.2) is 77.1 Å². The second-order valence-corrected chi connectivity index (χ2v) is 13.9. The number of Topliss-reactive ketones (excluding diaryl/α,β-unsaturated/α-hetero) is 2. The Morgan fingerprint density at radius 2 is 1.80 bits per heavy atom. The Morgan fingerprint density at radius 1 is 1.00 bits per heavy atom. The van der Waals surface area contributed by atoms with E-state index in [-0.39, 0.29) is 48.3 Å². The first-order valence-corrected chi connectivity index (χ1v) is 17.0. The molecule has 6 rings (SSSR count). The Hall–Kier alpha value is -2.95. The van der Waals surface area contributed by atoms with E-state index < -0.39 is 35.6 Å². The first kappa shape index (κ1) is 32.0. The van der Waals surface area contributed by atoms with E-state index in [0.717, 1.165) is 51.4 Å². The smallest absolute Gasteiger partial charge is 0.289 e. The number of halogens is 2. The van der Waals surface area contributed by atoms with Crippen LogP contribution < -0.4 is 10.6 Å². The van der Waals surface area contributed by atoms with Crippen molar-refractivity contribution in [1.82, 2.24) is 20.5 Å². The molecular weight excluding hydrogens is 619 g/mol. The molecule has 10 nitrogen and oxygen atoms in total. The van der Waals surface area contributed by atoms with Crippen LogP contribution in [0.1, 0.15) is 81.1 Å². The molecule has 12 heteroatoms. The molecule has 3 aliphatic carbocycles. The summed E-state index contributed by atoms with van der Waals surface area (Å²) >= 11 is 12.5. The number of aromatic nitrogens is 1. The summed E-state index contributed by atoms with van der Waals surface area (Å²) in [5, 5.41) is 6.96. The van der Waals surface area contributed by atoms with Gasteiger partial charge in [0.25, 0.3) is 11.8 Å². The Morgan fingerprint density at radius 3 is 2.56 bits per heavy atom. The maximum Gasteiger partial charge on any atom is 0.289 e. The minimum Gasteiger partial charge on any atom is -0.376 e. The first-order valence-electron chi connectivity index (χ1n) is 16.2. The van der Waals surface area contributed by atoms with Gasteiger partial charge in [-0.2, -0.15) is 0 Å². The summed E-state index contributed by atoms with van der Waals surface area (Å²) < 4.78 is 5.80. The number of aromatic amines is 1. The number of nitrogens with zero attached hydrogens (tertiary/aromatic N) is 1. The molecule has 3 amide bonds. The molecule has 4 fully saturated rings. The average Bonchev–Trinajstić information content (AvgIpc) is 3.83. The predicted molar refractivity (Wildman–Crippen MR) is 169 cm³/mol. The summed E-state index contributed by atoms with van der Waals surface area (Å²) in [6, 6.07) is 2.97. The molecule has 2 heterocycles. The standard InChI is InChI=1S/C33H40Cl2N4O6/c34-20-14-24(35)23-16-27(37-25(23)15-20)33(44)39-17-19-6-3-9-22(19)29(39)31(42)38-26(13-18-5-4-10-28(18)40)30(41)32(43)36-11-12-45-21-7-1-2-8-21/h14-16,18-19,21-22,26,29,37H,1-13,17H2,(H,36,43)(H,38,42)/t18-,19-,22-,26-,29-/m0/s1. The Kier molecular flexibility index (Phi) is 9.82. The van der Waals surface area contributed by atoms with Crippen molar-refractivity contribution in [3.05, 3.63) is 33.9 Å². The van der Waals surface area contributed by atoms with Crippen molar-refractivity contribution < 1.29 is 28.7 Å². The van der Waals surface area contributed by atoms with Crippen molar-refractivity contribution in [3.63, 3.8) is 0 Å². The number of carbonyl (C=O) groups excluding carboxylic acids is 5. The van der Waals surface area contributed by atoms with Gasteiger partial charge < -0.3 is 25.3 Å². The number of likely N-dealkylation sites (tertiary alicyclic amines) is 1. The Labute approximate surface area is 272 Å². The minimum atomic E-state index is -1.17. The van der Waals surface area contributed by atoms with Gasteiger partial charge in [-0.15, -0.1) is 0 Å². The number of rotatable bonds is 11. The molecular formula is C33H40Cl2N4O6. The number of hydrogen-bond donors (Lipinski definition) is 3. The van der Waals surface area contributed by atoms with E-state index >= 15 is 0 Å². The van der Waals surface area contributed by atoms with Crippen molar-refractivity contribution in [3.8, 4) is 0 Å². The monoisotopic (exact) mass is 658 g/mol. The first-order chi connectivity index (χ1) is 21.7. The highest BCUT2D eigenvalue weighted by Gasteiger charge is 2.50. The molecule has 1 aromatic heterocycles. The number of carbonyl (C=O) groups is 5. The van der Waals surface area contributed by atoms with Gasteiger partial charge in [0, 0.05) is 41.4 Å². The third-order valence-electron chi connectivity index (χ3n) is 10.2. The zero-order chi connectivity index (χ0) is 31.7. The fraction of sp³-hybridized carbons (Fsp3) is 0.606. The molecule has 1 saturated heterocycles. The summed E-state index contributed by atoms with van der Waals surface area (Å²) in [5.41, 5.74) is 0.901. The van der Waals surface area contributed by atoms with E-state index in [4.69, 9.17) is 27.9 Å². The molecule has 1 aromatic carbocycles. The van der Waals surface area contributed by atoms with Gasteiger partial charge in [0.1, 0.15) is 17.5 Å². The summed E-state index contributed by atoms with van der Waals surface area (Å²) in [4.78, 5) is 71.6. The fourth-order valence-corrected chi connectivity index (χ4v) is 8.43. The summed E-state index contributed by atoms with van der Waals surface area (Å²) in [6.07, 6.45) is 8.91. The number of benzene rings is 1. The van der Waals surface area contributed by atoms with Crippen LogP contribution in [0.2, 0.25) is 10.0 Å². The quantitative estimate of drug-likeness (QED) is 0.238. The van der Waals surface area contributed by atoms with E-state index in [2.05, 4.69) is 15.6 Å². The average molecular weight is 660 g/mol. The van der Waals surface area contributed by atoms with Crippen LogP contribution in [0.4, 0.5) is 0 Å². The Bertz CT molecular complexity index is 1490.